The number of ether oxygens (including phenoxy) is 1. The molecule has 9 heteroatoms. The molecule has 0 aliphatic carbocycles. The molecular formula is C25H17N3O5S. The van der Waals surface area contributed by atoms with Gasteiger partial charge in [0, 0.05) is 11.1 Å². The summed E-state index contributed by atoms with van der Waals surface area (Å²) in [6.45, 7) is 1.16. The number of anilines is 1. The summed E-state index contributed by atoms with van der Waals surface area (Å²) >= 11 is 1.04. The molecular weight excluding hydrogens is 454 g/mol. The van der Waals surface area contributed by atoms with E-state index in [0.29, 0.717) is 33.6 Å². The molecule has 3 aromatic carbocycles. The molecule has 1 N–H and O–H groups in total. The predicted molar refractivity (Wildman–Crippen MR) is 129 cm³/mol. The first-order valence-corrected chi connectivity index (χ1v) is 11.1. The first kappa shape index (κ1) is 21.5. The minimum absolute atomic E-state index is 0.0605. The number of rotatable bonds is 5. The summed E-state index contributed by atoms with van der Waals surface area (Å²) in [5, 5.41) is 2.94. The number of hydrogen-bond acceptors (Lipinski definition) is 8. The third-order valence-electron chi connectivity index (χ3n) is 5.30. The largest absolute Gasteiger partial charge is 0.455 e. The number of esters is 1. The average molecular weight is 471 g/mol. The van der Waals surface area contributed by atoms with Gasteiger partial charge < -0.3 is 14.5 Å². The SMILES string of the molecule is Cc1c(-c2ccccc2)oc2c(C(=O)OCC(=O)Nc3cccc4nsnc34)cccc2c1=O. The normalized spacial score (nSPS) is 11.0. The van der Waals surface area contributed by atoms with E-state index in [-0.39, 0.29) is 22.0 Å². The topological polar surface area (TPSA) is 111 Å². The van der Waals surface area contributed by atoms with E-state index < -0.39 is 18.5 Å². The van der Waals surface area contributed by atoms with Crippen molar-refractivity contribution in [2.24, 2.45) is 0 Å². The Kier molecular flexibility index (Phi) is 5.60. The molecule has 0 bridgehead atoms. The van der Waals surface area contributed by atoms with Crippen LogP contribution in [0.5, 0.6) is 0 Å². The molecule has 0 saturated carbocycles. The van der Waals surface area contributed by atoms with Crippen LogP contribution in [0.1, 0.15) is 15.9 Å². The minimum atomic E-state index is -0.778. The molecule has 0 radical (unpaired) electrons. The van der Waals surface area contributed by atoms with Gasteiger partial charge in [0.05, 0.1) is 22.8 Å². The average Bonchev–Trinajstić information content (AvgIpc) is 3.35. The maximum absolute atomic E-state index is 13.0. The van der Waals surface area contributed by atoms with Gasteiger partial charge in [-0.3, -0.25) is 9.59 Å². The third kappa shape index (κ3) is 3.93. The number of carbonyl (C=O) groups excluding carboxylic acids is 2. The summed E-state index contributed by atoms with van der Waals surface area (Å²) in [7, 11) is 0. The van der Waals surface area contributed by atoms with E-state index in [1.165, 1.54) is 6.07 Å². The second kappa shape index (κ2) is 8.87. The van der Waals surface area contributed by atoms with Gasteiger partial charge in [-0.25, -0.2) is 4.79 Å². The zero-order valence-corrected chi connectivity index (χ0v) is 18.7. The molecule has 0 atom stereocenters. The van der Waals surface area contributed by atoms with Crippen molar-refractivity contribution < 1.29 is 18.7 Å². The van der Waals surface area contributed by atoms with E-state index in [4.69, 9.17) is 9.15 Å². The predicted octanol–water partition coefficient (Wildman–Crippen LogP) is 4.57. The Morgan fingerprint density at radius 2 is 1.79 bits per heavy atom. The summed E-state index contributed by atoms with van der Waals surface area (Å²) in [6.07, 6.45) is 0. The molecule has 2 aromatic heterocycles. The molecule has 168 valence electrons. The number of carbonyl (C=O) groups is 2. The first-order chi connectivity index (χ1) is 16.5. The lowest BCUT2D eigenvalue weighted by Crippen LogP contribution is -2.21. The fourth-order valence-corrected chi connectivity index (χ4v) is 4.19. The lowest BCUT2D eigenvalue weighted by molar-refractivity contribution is -0.119. The van der Waals surface area contributed by atoms with Crippen molar-refractivity contribution in [3.8, 4) is 11.3 Å². The Bertz CT molecular complexity index is 1610. The molecule has 0 aliphatic heterocycles. The van der Waals surface area contributed by atoms with Crippen molar-refractivity contribution in [3.05, 3.63) is 88.1 Å². The quantitative estimate of drug-likeness (QED) is 0.374. The van der Waals surface area contributed by atoms with Gasteiger partial charge in [-0.15, -0.1) is 0 Å². The van der Waals surface area contributed by atoms with Crippen LogP contribution < -0.4 is 10.7 Å². The highest BCUT2D eigenvalue weighted by molar-refractivity contribution is 7.00. The smallest absolute Gasteiger partial charge is 0.342 e. The molecule has 0 saturated heterocycles. The van der Waals surface area contributed by atoms with E-state index in [1.807, 2.05) is 30.3 Å². The van der Waals surface area contributed by atoms with Crippen molar-refractivity contribution in [1.29, 1.82) is 0 Å². The van der Waals surface area contributed by atoms with E-state index in [9.17, 15) is 14.4 Å². The van der Waals surface area contributed by atoms with Crippen LogP contribution in [0.15, 0.2) is 75.9 Å². The van der Waals surface area contributed by atoms with Gasteiger partial charge >= 0.3 is 5.97 Å². The summed E-state index contributed by atoms with van der Waals surface area (Å²) in [5.74, 6) is -0.933. The van der Waals surface area contributed by atoms with Gasteiger partial charge in [0.2, 0.25) is 0 Å². The van der Waals surface area contributed by atoms with Crippen LogP contribution in [0.25, 0.3) is 33.3 Å². The molecule has 0 spiro atoms. The van der Waals surface area contributed by atoms with Gasteiger partial charge in [-0.1, -0.05) is 42.5 Å². The van der Waals surface area contributed by atoms with Crippen molar-refractivity contribution in [2.45, 2.75) is 6.92 Å². The van der Waals surface area contributed by atoms with Crippen LogP contribution in [0.2, 0.25) is 0 Å². The number of nitrogens with one attached hydrogen (secondary N) is 1. The number of nitrogens with zero attached hydrogens (tertiary/aromatic N) is 2. The van der Waals surface area contributed by atoms with Crippen LogP contribution in [0.4, 0.5) is 5.69 Å². The lowest BCUT2D eigenvalue weighted by Gasteiger charge is -2.11. The van der Waals surface area contributed by atoms with Crippen molar-refractivity contribution in [3.63, 3.8) is 0 Å². The van der Waals surface area contributed by atoms with E-state index in [0.717, 1.165) is 11.7 Å². The third-order valence-corrected chi connectivity index (χ3v) is 5.84. The molecule has 1 amide bonds. The molecule has 0 unspecified atom stereocenters. The number of amides is 1. The second-order valence-corrected chi connectivity index (χ2v) is 8.02. The zero-order chi connectivity index (χ0) is 23.7. The molecule has 2 heterocycles. The summed E-state index contributed by atoms with van der Waals surface area (Å²) in [5.41, 5.74) is 2.79. The Hall–Kier alpha value is -4.37. The van der Waals surface area contributed by atoms with Gasteiger partial charge in [0.25, 0.3) is 5.91 Å². The number of aromatic nitrogens is 2. The van der Waals surface area contributed by atoms with Gasteiger partial charge in [-0.05, 0) is 31.2 Å². The van der Waals surface area contributed by atoms with E-state index >= 15 is 0 Å². The van der Waals surface area contributed by atoms with E-state index in [1.54, 1.807) is 37.3 Å². The van der Waals surface area contributed by atoms with Gasteiger partial charge in [-0.2, -0.15) is 8.75 Å². The maximum atomic E-state index is 13.0. The van der Waals surface area contributed by atoms with Crippen LogP contribution >= 0.6 is 11.7 Å². The second-order valence-electron chi connectivity index (χ2n) is 7.50. The van der Waals surface area contributed by atoms with Gasteiger partial charge in [0.1, 0.15) is 22.4 Å². The molecule has 5 rings (SSSR count). The Morgan fingerprint density at radius 3 is 2.62 bits per heavy atom. The highest BCUT2D eigenvalue weighted by Crippen LogP contribution is 2.27. The minimum Gasteiger partial charge on any atom is -0.455 e. The van der Waals surface area contributed by atoms with Crippen molar-refractivity contribution >= 4 is 51.3 Å². The van der Waals surface area contributed by atoms with Crippen molar-refractivity contribution in [2.75, 3.05) is 11.9 Å². The summed E-state index contributed by atoms with van der Waals surface area (Å²) < 4.78 is 19.6. The Labute approximate surface area is 197 Å². The molecule has 8 nitrogen and oxygen atoms in total. The summed E-state index contributed by atoms with van der Waals surface area (Å²) in [4.78, 5) is 38.2. The number of hydrogen-bond donors (Lipinski definition) is 1. The number of fused-ring (bicyclic) bond motifs is 2. The monoisotopic (exact) mass is 471 g/mol. The van der Waals surface area contributed by atoms with Crippen LogP contribution in [-0.4, -0.2) is 27.2 Å². The Balaban J connectivity index is 1.41. The molecule has 34 heavy (non-hydrogen) atoms. The highest BCUT2D eigenvalue weighted by atomic mass is 32.1. The van der Waals surface area contributed by atoms with Gasteiger partial charge in [0.15, 0.2) is 17.6 Å². The fraction of sp³-hybridized carbons (Fsp3) is 0.0800. The molecule has 5 aromatic rings. The highest BCUT2D eigenvalue weighted by Gasteiger charge is 2.20. The zero-order valence-electron chi connectivity index (χ0n) is 17.9. The fourth-order valence-electron chi connectivity index (χ4n) is 3.64. The first-order valence-electron chi connectivity index (χ1n) is 10.3. The lowest BCUT2D eigenvalue weighted by atomic mass is 10.0. The number of para-hydroxylation sites is 1. The maximum Gasteiger partial charge on any atom is 0.342 e. The molecule has 0 aliphatic rings. The van der Waals surface area contributed by atoms with Crippen molar-refractivity contribution in [1.82, 2.24) is 8.75 Å². The Morgan fingerprint density at radius 1 is 1.00 bits per heavy atom. The number of benzene rings is 3. The molecule has 0 fully saturated rings. The standard InChI is InChI=1S/C25H17N3O5S/c1-14-22(30)16-9-5-10-17(24(16)33-23(14)15-7-3-2-4-8-15)25(31)32-13-20(29)26-18-11-6-12-19-21(18)28-34-27-19/h2-12H,13H2,1H3,(H,26,29). The van der Waals surface area contributed by atoms with E-state index in [2.05, 4.69) is 14.1 Å². The van der Waals surface area contributed by atoms with Crippen LogP contribution in [-0.2, 0) is 9.53 Å². The summed E-state index contributed by atoms with van der Waals surface area (Å²) in [6, 6.07) is 19.1. The van der Waals surface area contributed by atoms with Crippen LogP contribution in [0.3, 0.4) is 0 Å². The van der Waals surface area contributed by atoms with Crippen LogP contribution in [0, 0.1) is 6.92 Å².